The third kappa shape index (κ3) is 4.29. The molecule has 2 heterocycles. The molecular formula is C22H31NOS2. The fourth-order valence-corrected chi connectivity index (χ4v) is 5.59. The van der Waals surface area contributed by atoms with E-state index >= 15 is 0 Å². The van der Waals surface area contributed by atoms with E-state index in [-0.39, 0.29) is 11.7 Å². The zero-order valence-electron chi connectivity index (χ0n) is 17.1. The molecule has 0 radical (unpaired) electrons. The summed E-state index contributed by atoms with van der Waals surface area (Å²) in [5.41, 5.74) is 5.59. The van der Waals surface area contributed by atoms with Crippen molar-refractivity contribution < 1.29 is 4.74 Å². The summed E-state index contributed by atoms with van der Waals surface area (Å²) in [5, 5.41) is 2.07. The van der Waals surface area contributed by atoms with Crippen molar-refractivity contribution in [3.63, 3.8) is 0 Å². The number of hydrogen-bond acceptors (Lipinski definition) is 4. The van der Waals surface area contributed by atoms with Gasteiger partial charge in [-0.15, -0.1) is 11.3 Å². The van der Waals surface area contributed by atoms with Gasteiger partial charge in [0, 0.05) is 21.4 Å². The molecule has 26 heavy (non-hydrogen) atoms. The van der Waals surface area contributed by atoms with Gasteiger partial charge >= 0.3 is 0 Å². The van der Waals surface area contributed by atoms with E-state index < -0.39 is 0 Å². The number of rotatable bonds is 4. The van der Waals surface area contributed by atoms with Gasteiger partial charge in [-0.05, 0) is 82.5 Å². The van der Waals surface area contributed by atoms with E-state index in [0.717, 1.165) is 18.5 Å². The van der Waals surface area contributed by atoms with Gasteiger partial charge in [-0.2, -0.15) is 4.37 Å². The second kappa shape index (κ2) is 7.21. The lowest BCUT2D eigenvalue weighted by Crippen LogP contribution is -2.22. The number of ether oxygens (including phenoxy) is 1. The topological polar surface area (TPSA) is 22.1 Å². The van der Waals surface area contributed by atoms with Crippen molar-refractivity contribution in [2.75, 3.05) is 0 Å². The molecule has 1 atom stereocenters. The maximum absolute atomic E-state index is 6.37. The molecule has 2 aromatic rings. The van der Waals surface area contributed by atoms with Crippen LogP contribution in [-0.2, 0) is 4.74 Å². The van der Waals surface area contributed by atoms with Gasteiger partial charge in [0.05, 0.1) is 22.3 Å². The summed E-state index contributed by atoms with van der Waals surface area (Å²) in [6.07, 6.45) is 6.05. The standard InChI is InChI=1S/C22H31NOS2/c1-14(24-21(3,4)5)18-15(2)26-20(17-10-13-25-23-17)19(18)16-8-11-22(6,7)12-9-16/h8,10,13-14H,9,11-12H2,1-7H3. The van der Waals surface area contributed by atoms with Crippen molar-refractivity contribution in [3.8, 4) is 10.6 Å². The highest BCUT2D eigenvalue weighted by Gasteiger charge is 2.30. The highest BCUT2D eigenvalue weighted by Crippen LogP contribution is 2.48. The van der Waals surface area contributed by atoms with Gasteiger partial charge in [0.25, 0.3) is 0 Å². The van der Waals surface area contributed by atoms with Gasteiger partial charge in [0.15, 0.2) is 0 Å². The van der Waals surface area contributed by atoms with E-state index in [1.807, 2.05) is 11.3 Å². The van der Waals surface area contributed by atoms with Crippen LogP contribution in [0.15, 0.2) is 17.5 Å². The van der Waals surface area contributed by atoms with Crippen LogP contribution >= 0.6 is 22.9 Å². The Labute approximate surface area is 166 Å². The van der Waals surface area contributed by atoms with E-state index in [0.29, 0.717) is 5.41 Å². The molecule has 0 spiro atoms. The summed E-state index contributed by atoms with van der Waals surface area (Å²) in [6, 6.07) is 2.14. The molecular weight excluding hydrogens is 358 g/mol. The second-order valence-electron chi connectivity index (χ2n) is 9.13. The quantitative estimate of drug-likeness (QED) is 0.535. The van der Waals surface area contributed by atoms with E-state index in [1.54, 1.807) is 0 Å². The van der Waals surface area contributed by atoms with Crippen LogP contribution in [-0.4, -0.2) is 9.97 Å². The first kappa shape index (κ1) is 19.8. The Hall–Kier alpha value is -0.970. The van der Waals surface area contributed by atoms with Crippen LogP contribution in [0.5, 0.6) is 0 Å². The lowest BCUT2D eigenvalue weighted by atomic mass is 9.76. The molecule has 0 aromatic carbocycles. The first-order chi connectivity index (χ1) is 12.1. The van der Waals surface area contributed by atoms with Crippen LogP contribution in [0.25, 0.3) is 16.1 Å². The summed E-state index contributed by atoms with van der Waals surface area (Å²) >= 11 is 3.40. The predicted molar refractivity (Wildman–Crippen MR) is 115 cm³/mol. The number of nitrogens with zero attached hydrogens (tertiary/aromatic N) is 1. The molecule has 0 aliphatic heterocycles. The van der Waals surface area contributed by atoms with E-state index in [1.165, 1.54) is 44.4 Å². The first-order valence-electron chi connectivity index (χ1n) is 9.49. The highest BCUT2D eigenvalue weighted by atomic mass is 32.1. The molecule has 2 aromatic heterocycles. The highest BCUT2D eigenvalue weighted by molar-refractivity contribution is 7.16. The van der Waals surface area contributed by atoms with E-state index in [9.17, 15) is 0 Å². The van der Waals surface area contributed by atoms with Crippen molar-refractivity contribution in [1.29, 1.82) is 0 Å². The van der Waals surface area contributed by atoms with Crippen molar-refractivity contribution in [2.45, 2.75) is 79.4 Å². The Morgan fingerprint density at radius 1 is 1.27 bits per heavy atom. The lowest BCUT2D eigenvalue weighted by Gasteiger charge is -2.31. The predicted octanol–water partition coefficient (Wildman–Crippen LogP) is 7.65. The van der Waals surface area contributed by atoms with Gasteiger partial charge in [0.1, 0.15) is 0 Å². The summed E-state index contributed by atoms with van der Waals surface area (Å²) in [7, 11) is 0. The molecule has 3 rings (SSSR count). The molecule has 1 unspecified atom stereocenters. The maximum Gasteiger partial charge on any atom is 0.0946 e. The Bertz CT molecular complexity index is 791. The smallest absolute Gasteiger partial charge is 0.0946 e. The molecule has 0 saturated carbocycles. The zero-order valence-corrected chi connectivity index (χ0v) is 18.7. The monoisotopic (exact) mass is 389 g/mol. The van der Waals surface area contributed by atoms with Crippen molar-refractivity contribution in [1.82, 2.24) is 4.37 Å². The second-order valence-corrected chi connectivity index (χ2v) is 11.0. The van der Waals surface area contributed by atoms with Crippen molar-refractivity contribution in [2.24, 2.45) is 5.41 Å². The Balaban J connectivity index is 2.11. The molecule has 2 nitrogen and oxygen atoms in total. The molecule has 142 valence electrons. The number of aromatic nitrogens is 1. The summed E-state index contributed by atoms with van der Waals surface area (Å²) in [6.45, 7) is 15.6. The van der Waals surface area contributed by atoms with Crippen LogP contribution in [0.3, 0.4) is 0 Å². The molecule has 4 heteroatoms. The fourth-order valence-electron chi connectivity index (χ4n) is 3.77. The SMILES string of the molecule is Cc1sc(-c2ccsn2)c(C2=CCC(C)(C)CC2)c1C(C)OC(C)(C)C. The molecule has 0 N–H and O–H groups in total. The van der Waals surface area contributed by atoms with E-state index in [4.69, 9.17) is 4.74 Å². The Morgan fingerprint density at radius 3 is 2.54 bits per heavy atom. The lowest BCUT2D eigenvalue weighted by molar-refractivity contribution is -0.0531. The van der Waals surface area contributed by atoms with Crippen molar-refractivity contribution in [3.05, 3.63) is 33.5 Å². The normalized spacial score (nSPS) is 18.7. The third-order valence-electron chi connectivity index (χ3n) is 5.03. The Morgan fingerprint density at radius 2 is 2.00 bits per heavy atom. The molecule has 1 aliphatic rings. The average molecular weight is 390 g/mol. The van der Waals surface area contributed by atoms with Crippen molar-refractivity contribution >= 4 is 28.4 Å². The van der Waals surface area contributed by atoms with E-state index in [2.05, 4.69) is 70.4 Å². The number of aryl methyl sites for hydroxylation is 1. The van der Waals surface area contributed by atoms with Crippen LogP contribution in [0.1, 0.15) is 82.9 Å². The number of hydrogen-bond donors (Lipinski definition) is 0. The summed E-state index contributed by atoms with van der Waals surface area (Å²) in [5.74, 6) is 0. The average Bonchev–Trinajstić information content (AvgIpc) is 3.12. The fraction of sp³-hybridized carbons (Fsp3) is 0.591. The summed E-state index contributed by atoms with van der Waals surface area (Å²) < 4.78 is 11.0. The molecule has 0 bridgehead atoms. The minimum atomic E-state index is -0.158. The van der Waals surface area contributed by atoms with Gasteiger partial charge < -0.3 is 4.74 Å². The van der Waals surface area contributed by atoms with Crippen LogP contribution in [0.2, 0.25) is 0 Å². The minimum absolute atomic E-state index is 0.0736. The Kier molecular flexibility index (Phi) is 5.49. The van der Waals surface area contributed by atoms with Gasteiger partial charge in [-0.1, -0.05) is 19.9 Å². The van der Waals surface area contributed by atoms with Crippen LogP contribution in [0.4, 0.5) is 0 Å². The first-order valence-corrected chi connectivity index (χ1v) is 11.1. The third-order valence-corrected chi connectivity index (χ3v) is 6.73. The molecule has 0 amide bonds. The van der Waals surface area contributed by atoms with Gasteiger partial charge in [-0.25, -0.2) is 0 Å². The van der Waals surface area contributed by atoms with Crippen LogP contribution < -0.4 is 0 Å². The number of thiophene rings is 1. The zero-order chi connectivity index (χ0) is 19.1. The van der Waals surface area contributed by atoms with Gasteiger partial charge in [-0.3, -0.25) is 0 Å². The molecule has 1 aliphatic carbocycles. The molecule has 0 fully saturated rings. The number of allylic oxidation sites excluding steroid dienone is 2. The minimum Gasteiger partial charge on any atom is -0.368 e. The molecule has 0 saturated heterocycles. The largest absolute Gasteiger partial charge is 0.368 e. The van der Waals surface area contributed by atoms with Gasteiger partial charge in [0.2, 0.25) is 0 Å². The summed E-state index contributed by atoms with van der Waals surface area (Å²) in [4.78, 5) is 2.67. The maximum atomic E-state index is 6.37. The van der Waals surface area contributed by atoms with Crippen LogP contribution in [0, 0.1) is 12.3 Å².